The van der Waals surface area contributed by atoms with E-state index in [1.807, 2.05) is 51.1 Å². The fourth-order valence-corrected chi connectivity index (χ4v) is 1.88. The highest BCUT2D eigenvalue weighted by Crippen LogP contribution is 2.19. The molecular formula is C16H22O4. The molecule has 4 heteroatoms. The number of aliphatic carboxylic acids is 1. The Balaban J connectivity index is 2.74. The molecule has 0 heterocycles. The second kappa shape index (κ2) is 7.08. The largest absolute Gasteiger partial charge is 0.481 e. The molecule has 0 fully saturated rings. The van der Waals surface area contributed by atoms with Gasteiger partial charge in [-0.1, -0.05) is 30.3 Å². The molecule has 0 saturated heterocycles. The summed E-state index contributed by atoms with van der Waals surface area (Å²) in [4.78, 5) is 22.9. The van der Waals surface area contributed by atoms with Crippen molar-refractivity contribution in [2.45, 2.75) is 45.6 Å². The Morgan fingerprint density at radius 2 is 1.80 bits per heavy atom. The summed E-state index contributed by atoms with van der Waals surface area (Å²) in [5.74, 6) is -1.65. The van der Waals surface area contributed by atoms with Gasteiger partial charge in [-0.05, 0) is 39.2 Å². The van der Waals surface area contributed by atoms with Crippen LogP contribution in [0.25, 0.3) is 0 Å². The van der Waals surface area contributed by atoms with Gasteiger partial charge in [-0.15, -0.1) is 0 Å². The average Bonchev–Trinajstić information content (AvgIpc) is 2.33. The molecule has 0 aliphatic carbocycles. The fraction of sp³-hybridized carbons (Fsp3) is 0.500. The maximum Gasteiger partial charge on any atom is 0.309 e. The first-order valence-electron chi connectivity index (χ1n) is 6.76. The van der Waals surface area contributed by atoms with Gasteiger partial charge >= 0.3 is 11.9 Å². The van der Waals surface area contributed by atoms with E-state index in [-0.39, 0.29) is 12.4 Å². The van der Waals surface area contributed by atoms with Gasteiger partial charge in [0.2, 0.25) is 0 Å². The van der Waals surface area contributed by atoms with Crippen molar-refractivity contribution in [3.63, 3.8) is 0 Å². The number of carboxylic acid groups (broad SMARTS) is 1. The Morgan fingerprint density at radius 1 is 1.20 bits per heavy atom. The number of rotatable bonds is 6. The van der Waals surface area contributed by atoms with Crippen molar-refractivity contribution < 1.29 is 19.4 Å². The summed E-state index contributed by atoms with van der Waals surface area (Å²) in [6, 6.07) is 9.57. The molecule has 1 atom stereocenters. The van der Waals surface area contributed by atoms with Crippen LogP contribution in [-0.2, 0) is 20.7 Å². The van der Waals surface area contributed by atoms with Crippen LogP contribution in [0.3, 0.4) is 0 Å². The van der Waals surface area contributed by atoms with Gasteiger partial charge in [0.1, 0.15) is 5.60 Å². The summed E-state index contributed by atoms with van der Waals surface area (Å²) in [6.07, 6.45) is 0.763. The topological polar surface area (TPSA) is 63.6 Å². The van der Waals surface area contributed by atoms with Gasteiger partial charge in [-0.2, -0.15) is 0 Å². The quantitative estimate of drug-likeness (QED) is 0.812. The van der Waals surface area contributed by atoms with E-state index in [0.29, 0.717) is 12.8 Å². The van der Waals surface area contributed by atoms with Crippen molar-refractivity contribution in [1.29, 1.82) is 0 Å². The van der Waals surface area contributed by atoms with Gasteiger partial charge in [-0.25, -0.2) is 0 Å². The van der Waals surface area contributed by atoms with E-state index < -0.39 is 17.5 Å². The monoisotopic (exact) mass is 278 g/mol. The lowest BCUT2D eigenvalue weighted by Crippen LogP contribution is -2.30. The van der Waals surface area contributed by atoms with E-state index >= 15 is 0 Å². The smallest absolute Gasteiger partial charge is 0.309 e. The number of ether oxygens (including phenoxy) is 1. The summed E-state index contributed by atoms with van der Waals surface area (Å²) in [5, 5.41) is 8.79. The number of hydrogen-bond acceptors (Lipinski definition) is 3. The first kappa shape index (κ1) is 16.2. The van der Waals surface area contributed by atoms with Gasteiger partial charge in [0.15, 0.2) is 0 Å². The van der Waals surface area contributed by atoms with E-state index in [1.54, 1.807) is 0 Å². The Morgan fingerprint density at radius 3 is 2.30 bits per heavy atom. The van der Waals surface area contributed by atoms with Crippen LogP contribution < -0.4 is 0 Å². The van der Waals surface area contributed by atoms with Crippen molar-refractivity contribution >= 4 is 11.9 Å². The van der Waals surface area contributed by atoms with E-state index in [2.05, 4.69) is 0 Å². The summed E-state index contributed by atoms with van der Waals surface area (Å²) in [6.45, 7) is 5.42. The van der Waals surface area contributed by atoms with Crippen molar-refractivity contribution in [3.8, 4) is 0 Å². The van der Waals surface area contributed by atoms with Crippen molar-refractivity contribution in [3.05, 3.63) is 35.9 Å². The number of benzene rings is 1. The molecule has 0 unspecified atom stereocenters. The molecule has 1 rings (SSSR count). The molecule has 0 radical (unpaired) electrons. The first-order chi connectivity index (χ1) is 9.28. The van der Waals surface area contributed by atoms with Gasteiger partial charge in [0.05, 0.1) is 5.92 Å². The molecule has 1 aromatic rings. The molecule has 4 nitrogen and oxygen atoms in total. The minimum Gasteiger partial charge on any atom is -0.481 e. The Hall–Kier alpha value is -1.84. The van der Waals surface area contributed by atoms with Crippen LogP contribution in [0.2, 0.25) is 0 Å². The van der Waals surface area contributed by atoms with E-state index in [4.69, 9.17) is 9.84 Å². The van der Waals surface area contributed by atoms with Crippen LogP contribution in [0.15, 0.2) is 30.3 Å². The average molecular weight is 278 g/mol. The van der Waals surface area contributed by atoms with Crippen LogP contribution in [0.5, 0.6) is 0 Å². The minimum absolute atomic E-state index is 0.0310. The number of carboxylic acids is 1. The normalized spacial score (nSPS) is 12.8. The Kier molecular flexibility index (Phi) is 5.74. The highest BCUT2D eigenvalue weighted by atomic mass is 16.6. The second-order valence-corrected chi connectivity index (χ2v) is 5.85. The first-order valence-corrected chi connectivity index (χ1v) is 6.76. The molecule has 20 heavy (non-hydrogen) atoms. The summed E-state index contributed by atoms with van der Waals surface area (Å²) in [5.41, 5.74) is 0.448. The third-order valence-electron chi connectivity index (χ3n) is 2.77. The third-order valence-corrected chi connectivity index (χ3v) is 2.77. The third kappa shape index (κ3) is 6.36. The zero-order chi connectivity index (χ0) is 15.2. The molecule has 0 aliphatic rings. The fourth-order valence-electron chi connectivity index (χ4n) is 1.88. The zero-order valence-corrected chi connectivity index (χ0v) is 12.3. The molecule has 0 aliphatic heterocycles. The SMILES string of the molecule is CC(C)(C)OC(=O)[C@H](CCC(=O)O)Cc1ccccc1. The van der Waals surface area contributed by atoms with Gasteiger partial charge in [0, 0.05) is 6.42 Å². The zero-order valence-electron chi connectivity index (χ0n) is 12.3. The lowest BCUT2D eigenvalue weighted by Gasteiger charge is -2.23. The van der Waals surface area contributed by atoms with Crippen LogP contribution in [-0.4, -0.2) is 22.6 Å². The van der Waals surface area contributed by atoms with Crippen molar-refractivity contribution in [2.24, 2.45) is 5.92 Å². The van der Waals surface area contributed by atoms with Crippen LogP contribution in [0, 0.1) is 5.92 Å². The minimum atomic E-state index is -0.897. The summed E-state index contributed by atoms with van der Waals surface area (Å²) in [7, 11) is 0. The summed E-state index contributed by atoms with van der Waals surface area (Å²) >= 11 is 0. The predicted molar refractivity (Wildman–Crippen MR) is 76.4 cm³/mol. The van der Waals surface area contributed by atoms with Crippen LogP contribution in [0.4, 0.5) is 0 Å². The van der Waals surface area contributed by atoms with Gasteiger partial charge < -0.3 is 9.84 Å². The van der Waals surface area contributed by atoms with Crippen LogP contribution in [0.1, 0.15) is 39.2 Å². The van der Waals surface area contributed by atoms with Gasteiger partial charge in [0.25, 0.3) is 0 Å². The second-order valence-electron chi connectivity index (χ2n) is 5.85. The molecule has 1 N–H and O–H groups in total. The molecule has 0 aromatic heterocycles. The standard InChI is InChI=1S/C16H22O4/c1-16(2,3)20-15(19)13(9-10-14(17)18)11-12-7-5-4-6-8-12/h4-8,13H,9-11H2,1-3H3,(H,17,18)/t13-/m1/s1. The maximum absolute atomic E-state index is 12.2. The molecule has 0 spiro atoms. The maximum atomic E-state index is 12.2. The van der Waals surface area contributed by atoms with Crippen molar-refractivity contribution in [1.82, 2.24) is 0 Å². The predicted octanol–water partition coefficient (Wildman–Crippen LogP) is 3.05. The van der Waals surface area contributed by atoms with Crippen molar-refractivity contribution in [2.75, 3.05) is 0 Å². The number of carbonyl (C=O) groups is 2. The highest BCUT2D eigenvalue weighted by Gasteiger charge is 2.25. The summed E-state index contributed by atoms with van der Waals surface area (Å²) < 4.78 is 5.37. The highest BCUT2D eigenvalue weighted by molar-refractivity contribution is 5.74. The Labute approximate surface area is 119 Å². The molecular weight excluding hydrogens is 256 g/mol. The van der Waals surface area contributed by atoms with E-state index in [1.165, 1.54) is 0 Å². The number of hydrogen-bond donors (Lipinski definition) is 1. The number of esters is 1. The molecule has 0 saturated carbocycles. The number of carbonyl (C=O) groups excluding carboxylic acids is 1. The molecule has 1 aromatic carbocycles. The lowest BCUT2D eigenvalue weighted by molar-refractivity contribution is -0.160. The molecule has 110 valence electrons. The molecule has 0 amide bonds. The van der Waals surface area contributed by atoms with E-state index in [9.17, 15) is 9.59 Å². The Bertz CT molecular complexity index is 445. The van der Waals surface area contributed by atoms with E-state index in [0.717, 1.165) is 5.56 Å². The molecule has 0 bridgehead atoms. The van der Waals surface area contributed by atoms with Crippen LogP contribution >= 0.6 is 0 Å². The van der Waals surface area contributed by atoms with Gasteiger partial charge in [-0.3, -0.25) is 9.59 Å². The lowest BCUT2D eigenvalue weighted by atomic mass is 9.94.